The van der Waals surface area contributed by atoms with Gasteiger partial charge < -0.3 is 20.6 Å². The van der Waals surface area contributed by atoms with E-state index in [9.17, 15) is 24.3 Å². The first-order chi connectivity index (χ1) is 20.5. The highest BCUT2D eigenvalue weighted by Gasteiger charge is 2.43. The number of hydrogen-bond acceptors (Lipinski definition) is 5. The van der Waals surface area contributed by atoms with Crippen LogP contribution in [0.25, 0.3) is 0 Å². The summed E-state index contributed by atoms with van der Waals surface area (Å²) in [7, 11) is 0. The van der Waals surface area contributed by atoms with Gasteiger partial charge in [-0.1, -0.05) is 61.7 Å². The molecule has 0 radical (unpaired) electrons. The van der Waals surface area contributed by atoms with Gasteiger partial charge in [-0.3, -0.25) is 14.4 Å². The molecule has 3 amide bonds. The van der Waals surface area contributed by atoms with Crippen LogP contribution in [0.5, 0.6) is 0 Å². The Hall–Kier alpha value is -3.04. The Balaban J connectivity index is 1.44. The van der Waals surface area contributed by atoms with Crippen molar-refractivity contribution in [1.82, 2.24) is 10.2 Å². The molecular formula is C33H44ClN3O5S. The van der Waals surface area contributed by atoms with Crippen LogP contribution in [0.3, 0.4) is 0 Å². The van der Waals surface area contributed by atoms with E-state index in [1.807, 2.05) is 55.5 Å². The van der Waals surface area contributed by atoms with Crippen LogP contribution in [-0.4, -0.2) is 58.1 Å². The van der Waals surface area contributed by atoms with Crippen LogP contribution in [0.4, 0.5) is 5.69 Å². The van der Waals surface area contributed by atoms with Gasteiger partial charge in [-0.2, -0.15) is 0 Å². The number of thioether (sulfide) groups is 1. The summed E-state index contributed by atoms with van der Waals surface area (Å²) in [5.74, 6) is -0.426. The number of carbonyl (C=O) groups excluding carboxylic acids is 3. The maximum absolute atomic E-state index is 13.3. The highest BCUT2D eigenvalue weighted by molar-refractivity contribution is 7.99. The second-order valence-corrected chi connectivity index (χ2v) is 13.3. The van der Waals surface area contributed by atoms with E-state index in [-0.39, 0.29) is 30.6 Å². The number of carboxylic acid groups (broad SMARTS) is 1. The third-order valence-corrected chi connectivity index (χ3v) is 9.44. The Morgan fingerprint density at radius 3 is 2.30 bits per heavy atom. The summed E-state index contributed by atoms with van der Waals surface area (Å²) < 4.78 is 0. The molecule has 1 aliphatic carbocycles. The maximum atomic E-state index is 13.3. The van der Waals surface area contributed by atoms with E-state index < -0.39 is 16.9 Å². The molecule has 43 heavy (non-hydrogen) atoms. The fourth-order valence-electron chi connectivity index (χ4n) is 5.58. The number of aliphatic carboxylic acids is 1. The molecule has 0 bridgehead atoms. The minimum atomic E-state index is -1.30. The molecule has 234 valence electrons. The zero-order valence-electron chi connectivity index (χ0n) is 25.4. The van der Waals surface area contributed by atoms with Gasteiger partial charge in [0.15, 0.2) is 0 Å². The zero-order chi connectivity index (χ0) is 31.5. The van der Waals surface area contributed by atoms with E-state index in [4.69, 9.17) is 11.6 Å². The summed E-state index contributed by atoms with van der Waals surface area (Å²) in [6, 6.07) is 15.2. The van der Waals surface area contributed by atoms with Crippen molar-refractivity contribution in [3.63, 3.8) is 0 Å². The first-order valence-electron chi connectivity index (χ1n) is 15.0. The lowest BCUT2D eigenvalue weighted by Gasteiger charge is -2.38. The van der Waals surface area contributed by atoms with Crippen molar-refractivity contribution < 1.29 is 24.3 Å². The summed E-state index contributed by atoms with van der Waals surface area (Å²) in [5.41, 5.74) is 1.01. The number of amides is 3. The van der Waals surface area contributed by atoms with Gasteiger partial charge in [0.25, 0.3) is 0 Å². The SMILES string of the molecule is CCCN(C(=O)CC1(CC(=O)NCCc2ccc(NC(=O)CSCc3ccccc3Cl)cc2)CCCC1)C(C)(C)C(=O)O. The Labute approximate surface area is 264 Å². The third kappa shape index (κ3) is 10.3. The van der Waals surface area contributed by atoms with Crippen molar-refractivity contribution in [2.75, 3.05) is 24.2 Å². The number of nitrogens with one attached hydrogen (secondary N) is 2. The van der Waals surface area contributed by atoms with E-state index in [0.717, 1.165) is 36.8 Å². The number of halogens is 1. The Morgan fingerprint density at radius 2 is 1.67 bits per heavy atom. The van der Waals surface area contributed by atoms with E-state index in [1.165, 1.54) is 16.7 Å². The molecule has 10 heteroatoms. The number of anilines is 1. The fourth-order valence-corrected chi connectivity index (χ4v) is 6.70. The second-order valence-electron chi connectivity index (χ2n) is 11.9. The van der Waals surface area contributed by atoms with Gasteiger partial charge in [0.2, 0.25) is 17.7 Å². The second kappa shape index (κ2) is 16.1. The Morgan fingerprint density at radius 1 is 1.00 bits per heavy atom. The topological polar surface area (TPSA) is 116 Å². The zero-order valence-corrected chi connectivity index (χ0v) is 27.0. The molecular weight excluding hydrogens is 586 g/mol. The molecule has 2 aromatic rings. The molecule has 8 nitrogen and oxygen atoms in total. The van der Waals surface area contributed by atoms with Crippen LogP contribution < -0.4 is 10.6 Å². The van der Waals surface area contributed by atoms with Gasteiger partial charge in [0.05, 0.1) is 5.75 Å². The molecule has 1 fully saturated rings. The number of carbonyl (C=O) groups is 4. The van der Waals surface area contributed by atoms with Crippen molar-refractivity contribution in [2.24, 2.45) is 5.41 Å². The van der Waals surface area contributed by atoms with Crippen LogP contribution in [0.2, 0.25) is 5.02 Å². The Bertz CT molecular complexity index is 1260. The largest absolute Gasteiger partial charge is 0.480 e. The predicted octanol–water partition coefficient (Wildman–Crippen LogP) is 6.31. The van der Waals surface area contributed by atoms with Crippen LogP contribution >= 0.6 is 23.4 Å². The number of benzene rings is 2. The van der Waals surface area contributed by atoms with Crippen molar-refractivity contribution in [1.29, 1.82) is 0 Å². The lowest BCUT2D eigenvalue weighted by atomic mass is 9.78. The summed E-state index contributed by atoms with van der Waals surface area (Å²) >= 11 is 7.68. The molecule has 2 aromatic carbocycles. The van der Waals surface area contributed by atoms with Crippen molar-refractivity contribution >= 4 is 52.7 Å². The van der Waals surface area contributed by atoms with Crippen LogP contribution in [-0.2, 0) is 31.4 Å². The smallest absolute Gasteiger partial charge is 0.329 e. The first kappa shape index (κ1) is 34.5. The Kier molecular flexibility index (Phi) is 12.9. The minimum Gasteiger partial charge on any atom is -0.480 e. The molecule has 0 saturated heterocycles. The molecule has 3 rings (SSSR count). The average Bonchev–Trinajstić information content (AvgIpc) is 3.40. The summed E-state index contributed by atoms with van der Waals surface area (Å²) in [6.45, 7) is 5.86. The molecule has 0 heterocycles. The lowest BCUT2D eigenvalue weighted by molar-refractivity contribution is -0.158. The standard InChI is InChI=1S/C33H44ClN3O5S/c1-4-19-37(32(2,3)31(41)42)30(40)21-33(16-7-8-17-33)20-28(38)35-18-15-24-11-13-26(14-12-24)36-29(39)23-43-22-25-9-5-6-10-27(25)34/h5-6,9-14H,4,7-8,15-23H2,1-3H3,(H,35,38)(H,36,39)(H,41,42). The normalized spacial score (nSPS) is 14.2. The molecule has 0 unspecified atom stereocenters. The summed E-state index contributed by atoms with van der Waals surface area (Å²) in [5, 5.41) is 16.3. The average molecular weight is 630 g/mol. The number of carboxylic acids is 1. The molecule has 0 aliphatic heterocycles. The highest BCUT2D eigenvalue weighted by Crippen LogP contribution is 2.45. The van der Waals surface area contributed by atoms with E-state index in [2.05, 4.69) is 10.6 Å². The number of rotatable bonds is 16. The fraction of sp³-hybridized carbons (Fsp3) is 0.515. The number of nitrogens with zero attached hydrogens (tertiary/aromatic N) is 1. The van der Waals surface area contributed by atoms with Gasteiger partial charge in [-0.15, -0.1) is 11.8 Å². The quantitative estimate of drug-likeness (QED) is 0.200. The summed E-state index contributed by atoms with van der Waals surface area (Å²) in [6.07, 6.45) is 5.22. The van der Waals surface area contributed by atoms with Crippen molar-refractivity contribution in [2.45, 2.75) is 83.4 Å². The van der Waals surface area contributed by atoms with Crippen molar-refractivity contribution in [3.05, 3.63) is 64.7 Å². The summed E-state index contributed by atoms with van der Waals surface area (Å²) in [4.78, 5) is 51.9. The lowest BCUT2D eigenvalue weighted by Crippen LogP contribution is -2.54. The molecule has 0 spiro atoms. The van der Waals surface area contributed by atoms with Gasteiger partial charge in [0, 0.05) is 42.4 Å². The van der Waals surface area contributed by atoms with Crippen molar-refractivity contribution in [3.8, 4) is 0 Å². The van der Waals surface area contributed by atoms with Crippen LogP contribution in [0.1, 0.15) is 76.8 Å². The third-order valence-electron chi connectivity index (χ3n) is 8.09. The van der Waals surface area contributed by atoms with E-state index >= 15 is 0 Å². The molecule has 0 aromatic heterocycles. The molecule has 0 atom stereocenters. The van der Waals surface area contributed by atoms with Gasteiger partial charge in [-0.05, 0) is 74.3 Å². The number of hydrogen-bond donors (Lipinski definition) is 3. The monoisotopic (exact) mass is 629 g/mol. The van der Waals surface area contributed by atoms with E-state index in [0.29, 0.717) is 48.1 Å². The van der Waals surface area contributed by atoms with Crippen LogP contribution in [0.15, 0.2) is 48.5 Å². The van der Waals surface area contributed by atoms with E-state index in [1.54, 1.807) is 13.8 Å². The first-order valence-corrected chi connectivity index (χ1v) is 16.5. The molecule has 1 aliphatic rings. The minimum absolute atomic E-state index is 0.0827. The molecule has 3 N–H and O–H groups in total. The predicted molar refractivity (Wildman–Crippen MR) is 173 cm³/mol. The highest BCUT2D eigenvalue weighted by atomic mass is 35.5. The van der Waals surface area contributed by atoms with Crippen LogP contribution in [0, 0.1) is 5.41 Å². The van der Waals surface area contributed by atoms with Gasteiger partial charge in [0.1, 0.15) is 5.54 Å². The van der Waals surface area contributed by atoms with Gasteiger partial charge in [-0.25, -0.2) is 4.79 Å². The van der Waals surface area contributed by atoms with Gasteiger partial charge >= 0.3 is 5.97 Å². The molecule has 1 saturated carbocycles. The maximum Gasteiger partial charge on any atom is 0.329 e.